The maximum atomic E-state index is 13.8. The van der Waals surface area contributed by atoms with E-state index in [-0.39, 0.29) is 11.9 Å². The molecule has 0 aliphatic heterocycles. The van der Waals surface area contributed by atoms with Crippen molar-refractivity contribution in [1.82, 2.24) is 19.7 Å². The maximum absolute atomic E-state index is 13.8. The average molecular weight is 404 g/mol. The second kappa shape index (κ2) is 6.77. The number of fused-ring (bicyclic) bond motifs is 1. The second-order valence-corrected chi connectivity index (χ2v) is 8.34. The number of pyridine rings is 1. The van der Waals surface area contributed by atoms with Crippen LogP contribution in [0, 0.1) is 13.8 Å². The van der Waals surface area contributed by atoms with E-state index in [1.54, 1.807) is 4.68 Å². The molecule has 1 amide bonds. The number of anilines is 1. The number of carbonyl (C=O) groups is 1. The van der Waals surface area contributed by atoms with Crippen LogP contribution in [0.1, 0.15) is 34.6 Å². The Morgan fingerprint density at radius 3 is 2.59 bits per heavy atom. The molecule has 5 rings (SSSR count). The molecule has 3 aromatic heterocycles. The van der Waals surface area contributed by atoms with Gasteiger partial charge in [-0.2, -0.15) is 5.10 Å². The predicted octanol–water partition coefficient (Wildman–Crippen LogP) is 4.52. The molecule has 6 nitrogen and oxygen atoms in total. The molecule has 1 saturated carbocycles. The van der Waals surface area contributed by atoms with Crippen molar-refractivity contribution in [2.24, 2.45) is 7.05 Å². The molecule has 0 spiro atoms. The molecule has 29 heavy (non-hydrogen) atoms. The molecule has 1 aromatic carbocycles. The van der Waals surface area contributed by atoms with Gasteiger partial charge in [0, 0.05) is 24.0 Å². The Bertz CT molecular complexity index is 1220. The smallest absolute Gasteiger partial charge is 0.261 e. The number of rotatable bonds is 4. The van der Waals surface area contributed by atoms with E-state index in [9.17, 15) is 4.79 Å². The molecule has 3 heterocycles. The zero-order valence-corrected chi connectivity index (χ0v) is 17.4. The first-order valence-corrected chi connectivity index (χ1v) is 10.6. The summed E-state index contributed by atoms with van der Waals surface area (Å²) in [6.07, 6.45) is 2.02. The van der Waals surface area contributed by atoms with Gasteiger partial charge in [0.15, 0.2) is 10.8 Å². The number of benzene rings is 1. The Hall–Kier alpha value is -3.06. The van der Waals surface area contributed by atoms with E-state index in [0.29, 0.717) is 5.56 Å². The van der Waals surface area contributed by atoms with Crippen LogP contribution in [0.4, 0.5) is 5.13 Å². The second-order valence-electron chi connectivity index (χ2n) is 7.51. The van der Waals surface area contributed by atoms with Crippen molar-refractivity contribution in [2.45, 2.75) is 32.7 Å². The largest absolute Gasteiger partial charge is 0.281 e. The lowest BCUT2D eigenvalue weighted by atomic mass is 10.0. The van der Waals surface area contributed by atoms with Gasteiger partial charge in [0.25, 0.3) is 5.91 Å². The minimum absolute atomic E-state index is 0.0254. The number of aryl methyl sites for hydroxylation is 3. The van der Waals surface area contributed by atoms with E-state index in [1.165, 1.54) is 11.3 Å². The zero-order chi connectivity index (χ0) is 20.1. The molecule has 7 heteroatoms. The molecule has 1 aliphatic rings. The molecule has 0 bridgehead atoms. The Kier molecular flexibility index (Phi) is 4.20. The van der Waals surface area contributed by atoms with Crippen LogP contribution in [0.25, 0.3) is 22.3 Å². The lowest BCUT2D eigenvalue weighted by molar-refractivity contribution is 0.0986. The van der Waals surface area contributed by atoms with Gasteiger partial charge in [0.2, 0.25) is 0 Å². The van der Waals surface area contributed by atoms with Crippen molar-refractivity contribution in [3.63, 3.8) is 0 Å². The Morgan fingerprint density at radius 1 is 1.17 bits per heavy atom. The summed E-state index contributed by atoms with van der Waals surface area (Å²) in [6.45, 7) is 3.89. The van der Waals surface area contributed by atoms with Crippen molar-refractivity contribution < 1.29 is 4.79 Å². The number of aromatic nitrogens is 4. The van der Waals surface area contributed by atoms with E-state index in [0.717, 1.165) is 51.7 Å². The summed E-state index contributed by atoms with van der Waals surface area (Å²) < 4.78 is 1.75. The molecule has 0 saturated heterocycles. The van der Waals surface area contributed by atoms with Gasteiger partial charge in [0.05, 0.1) is 28.0 Å². The van der Waals surface area contributed by atoms with Crippen LogP contribution in [0.2, 0.25) is 0 Å². The van der Waals surface area contributed by atoms with E-state index >= 15 is 0 Å². The van der Waals surface area contributed by atoms with E-state index in [2.05, 4.69) is 10.1 Å². The van der Waals surface area contributed by atoms with Crippen molar-refractivity contribution in [3.05, 3.63) is 58.7 Å². The van der Waals surface area contributed by atoms with Crippen LogP contribution < -0.4 is 4.90 Å². The Labute approximate surface area is 172 Å². The molecule has 0 N–H and O–H groups in total. The minimum Gasteiger partial charge on any atom is -0.281 e. The maximum Gasteiger partial charge on any atom is 0.261 e. The lowest BCUT2D eigenvalue weighted by Crippen LogP contribution is -2.33. The van der Waals surface area contributed by atoms with Crippen LogP contribution >= 0.6 is 11.3 Å². The quantitative estimate of drug-likeness (QED) is 0.503. The monoisotopic (exact) mass is 403 g/mol. The molecule has 1 aliphatic carbocycles. The third-order valence-electron chi connectivity index (χ3n) is 5.21. The molecule has 0 atom stereocenters. The van der Waals surface area contributed by atoms with Crippen molar-refractivity contribution in [1.29, 1.82) is 0 Å². The highest BCUT2D eigenvalue weighted by molar-refractivity contribution is 7.14. The number of amides is 1. The number of thiazole rings is 1. The van der Waals surface area contributed by atoms with Gasteiger partial charge >= 0.3 is 0 Å². The van der Waals surface area contributed by atoms with Crippen LogP contribution in [0.15, 0.2) is 41.8 Å². The Balaban J connectivity index is 1.71. The molecular formula is C22H21N5OS. The van der Waals surface area contributed by atoms with Gasteiger partial charge in [-0.1, -0.05) is 30.3 Å². The van der Waals surface area contributed by atoms with Crippen molar-refractivity contribution in [3.8, 4) is 11.3 Å². The first-order valence-electron chi connectivity index (χ1n) is 9.68. The van der Waals surface area contributed by atoms with E-state index < -0.39 is 0 Å². The topological polar surface area (TPSA) is 63.9 Å². The first-order chi connectivity index (χ1) is 14.0. The fraction of sp³-hybridized carbons (Fsp3) is 0.273. The number of hydrogen-bond acceptors (Lipinski definition) is 5. The number of nitrogens with zero attached hydrogens (tertiary/aromatic N) is 5. The molecular weight excluding hydrogens is 382 g/mol. The molecule has 146 valence electrons. The highest BCUT2D eigenvalue weighted by atomic mass is 32.1. The van der Waals surface area contributed by atoms with Crippen LogP contribution in [-0.2, 0) is 7.05 Å². The first kappa shape index (κ1) is 18.0. The minimum atomic E-state index is -0.0254. The predicted molar refractivity (Wildman–Crippen MR) is 115 cm³/mol. The third kappa shape index (κ3) is 3.11. The summed E-state index contributed by atoms with van der Waals surface area (Å²) >= 11 is 1.52. The summed E-state index contributed by atoms with van der Waals surface area (Å²) in [4.78, 5) is 25.1. The summed E-state index contributed by atoms with van der Waals surface area (Å²) in [6, 6.07) is 12.1. The van der Waals surface area contributed by atoms with Crippen molar-refractivity contribution in [2.75, 3.05) is 4.90 Å². The average Bonchev–Trinajstić information content (AvgIpc) is 3.40. The van der Waals surface area contributed by atoms with Crippen LogP contribution in [0.5, 0.6) is 0 Å². The summed E-state index contributed by atoms with van der Waals surface area (Å²) in [5.41, 5.74) is 4.85. The highest BCUT2D eigenvalue weighted by Crippen LogP contribution is 2.36. The van der Waals surface area contributed by atoms with Crippen LogP contribution in [0.3, 0.4) is 0 Å². The van der Waals surface area contributed by atoms with Crippen molar-refractivity contribution >= 4 is 33.4 Å². The van der Waals surface area contributed by atoms with E-state index in [4.69, 9.17) is 4.98 Å². The zero-order valence-electron chi connectivity index (χ0n) is 16.6. The third-order valence-corrected chi connectivity index (χ3v) is 6.17. The normalized spacial score (nSPS) is 13.8. The molecule has 1 fully saturated rings. The summed E-state index contributed by atoms with van der Waals surface area (Å²) in [5.74, 6) is -0.0254. The highest BCUT2D eigenvalue weighted by Gasteiger charge is 2.37. The van der Waals surface area contributed by atoms with Gasteiger partial charge in [-0.25, -0.2) is 9.97 Å². The van der Waals surface area contributed by atoms with Gasteiger partial charge in [-0.3, -0.25) is 14.4 Å². The summed E-state index contributed by atoms with van der Waals surface area (Å²) in [5, 5.41) is 8.11. The number of carbonyl (C=O) groups excluding carboxylic acids is 1. The molecule has 0 unspecified atom stereocenters. The fourth-order valence-corrected chi connectivity index (χ4v) is 4.56. The van der Waals surface area contributed by atoms with Gasteiger partial charge < -0.3 is 0 Å². The van der Waals surface area contributed by atoms with Gasteiger partial charge in [0.1, 0.15) is 0 Å². The lowest BCUT2D eigenvalue weighted by Gasteiger charge is -2.20. The fourth-order valence-electron chi connectivity index (χ4n) is 3.69. The van der Waals surface area contributed by atoms with Crippen LogP contribution in [-0.4, -0.2) is 31.7 Å². The summed E-state index contributed by atoms with van der Waals surface area (Å²) in [7, 11) is 1.87. The SMILES string of the molecule is Cc1csc(N(C(=O)c2cc(-c3ccccc3)nc3c2c(C)nn3C)C2CC2)n1. The molecule has 4 aromatic rings. The standard InChI is InChI=1S/C22H21N5OS/c1-13-12-29-22(23-13)27(16-9-10-16)21(28)17-11-18(15-7-5-4-6-8-15)24-20-19(17)14(2)25-26(20)3/h4-8,11-12,16H,9-10H2,1-3H3. The Morgan fingerprint density at radius 2 is 1.93 bits per heavy atom. The number of hydrogen-bond donors (Lipinski definition) is 0. The van der Waals surface area contributed by atoms with Gasteiger partial charge in [-0.05, 0) is 32.8 Å². The molecule has 0 radical (unpaired) electrons. The van der Waals surface area contributed by atoms with Gasteiger partial charge in [-0.15, -0.1) is 11.3 Å². The van der Waals surface area contributed by atoms with E-state index in [1.807, 2.05) is 67.6 Å².